The lowest BCUT2D eigenvalue weighted by molar-refractivity contribution is -0.384. The largest absolute Gasteiger partial charge is 0.402 e. The van der Waals surface area contributed by atoms with E-state index in [-0.39, 0.29) is 17.3 Å². The molecule has 0 saturated carbocycles. The molecule has 4 rings (SSSR count). The molecule has 8 nitrogen and oxygen atoms in total. The molecule has 144 valence electrons. The van der Waals surface area contributed by atoms with Gasteiger partial charge in [0.1, 0.15) is 5.15 Å². The van der Waals surface area contributed by atoms with Gasteiger partial charge in [0.15, 0.2) is 5.70 Å². The molecule has 0 amide bonds. The van der Waals surface area contributed by atoms with Crippen LogP contribution in [-0.2, 0) is 9.53 Å². The highest BCUT2D eigenvalue weighted by Crippen LogP contribution is 2.28. The Morgan fingerprint density at radius 2 is 1.93 bits per heavy atom. The van der Waals surface area contributed by atoms with Crippen molar-refractivity contribution in [2.75, 3.05) is 0 Å². The van der Waals surface area contributed by atoms with E-state index in [9.17, 15) is 14.9 Å². The maximum Gasteiger partial charge on any atom is 0.363 e. The molecular formula is C20H13ClN4O4. The molecule has 1 aromatic heterocycles. The summed E-state index contributed by atoms with van der Waals surface area (Å²) in [5.41, 5.74) is 2.16. The number of carbonyl (C=O) groups excluding carboxylic acids is 1. The number of aliphatic imine (C=N–C) groups is 1. The van der Waals surface area contributed by atoms with Crippen LogP contribution in [0.1, 0.15) is 16.8 Å². The molecule has 0 bridgehead atoms. The normalized spacial score (nSPS) is 14.8. The van der Waals surface area contributed by atoms with Crippen molar-refractivity contribution in [2.45, 2.75) is 6.92 Å². The average molecular weight is 409 g/mol. The Kier molecular flexibility index (Phi) is 4.69. The lowest BCUT2D eigenvalue weighted by atomic mass is 10.2. The minimum Gasteiger partial charge on any atom is -0.402 e. The Hall–Kier alpha value is -3.78. The molecule has 1 aliphatic heterocycles. The predicted octanol–water partition coefficient (Wildman–Crippen LogP) is 4.09. The Balaban J connectivity index is 1.72. The molecule has 2 aromatic carbocycles. The number of hydrogen-bond donors (Lipinski definition) is 0. The second kappa shape index (κ2) is 7.33. The van der Waals surface area contributed by atoms with E-state index in [1.807, 2.05) is 30.3 Å². The van der Waals surface area contributed by atoms with E-state index < -0.39 is 10.9 Å². The summed E-state index contributed by atoms with van der Waals surface area (Å²) in [4.78, 5) is 26.9. The molecule has 0 N–H and O–H groups in total. The van der Waals surface area contributed by atoms with Gasteiger partial charge in [-0.25, -0.2) is 14.5 Å². The van der Waals surface area contributed by atoms with Crippen LogP contribution in [0.15, 0.2) is 65.3 Å². The number of ether oxygens (including phenoxy) is 1. The summed E-state index contributed by atoms with van der Waals surface area (Å²) < 4.78 is 6.75. The molecule has 0 fully saturated rings. The van der Waals surface area contributed by atoms with Gasteiger partial charge in [-0.1, -0.05) is 35.9 Å². The van der Waals surface area contributed by atoms with Crippen LogP contribution in [0.5, 0.6) is 0 Å². The first kappa shape index (κ1) is 18.6. The molecule has 29 heavy (non-hydrogen) atoms. The number of aryl methyl sites for hydroxylation is 1. The Morgan fingerprint density at radius 1 is 1.17 bits per heavy atom. The standard InChI is InChI=1S/C20H13ClN4O4/c1-12-16(18(21)24(23-12)14-7-3-2-4-8-14)11-17-20(26)29-19(22-17)13-6-5-9-15(10-13)25(27)28/h2-11H,1H3. The zero-order valence-electron chi connectivity index (χ0n) is 15.1. The molecule has 3 aromatic rings. The molecule has 0 radical (unpaired) electrons. The molecule has 2 heterocycles. The molecule has 9 heteroatoms. The Labute approximate surface area is 169 Å². The fourth-order valence-corrected chi connectivity index (χ4v) is 3.16. The van der Waals surface area contributed by atoms with Crippen LogP contribution in [0.3, 0.4) is 0 Å². The maximum atomic E-state index is 12.3. The third-order valence-corrected chi connectivity index (χ3v) is 4.62. The highest BCUT2D eigenvalue weighted by Gasteiger charge is 2.26. The number of benzene rings is 2. The minimum atomic E-state index is -0.672. The SMILES string of the molecule is Cc1nn(-c2ccccc2)c(Cl)c1C=C1N=C(c2cccc([N+](=O)[O-])c2)OC1=O. The molecule has 0 saturated heterocycles. The second-order valence-corrected chi connectivity index (χ2v) is 6.54. The quantitative estimate of drug-likeness (QED) is 0.280. The van der Waals surface area contributed by atoms with Crippen LogP contribution in [0.25, 0.3) is 11.8 Å². The van der Waals surface area contributed by atoms with E-state index in [2.05, 4.69) is 10.1 Å². The van der Waals surface area contributed by atoms with E-state index in [4.69, 9.17) is 16.3 Å². The monoisotopic (exact) mass is 408 g/mol. The van der Waals surface area contributed by atoms with Gasteiger partial charge in [0.2, 0.25) is 5.90 Å². The van der Waals surface area contributed by atoms with Gasteiger partial charge in [0, 0.05) is 23.3 Å². The van der Waals surface area contributed by atoms with Gasteiger partial charge in [-0.3, -0.25) is 10.1 Å². The van der Waals surface area contributed by atoms with Crippen molar-refractivity contribution in [3.63, 3.8) is 0 Å². The van der Waals surface area contributed by atoms with Crippen LogP contribution in [0.2, 0.25) is 5.15 Å². The molecule has 1 aliphatic rings. The van der Waals surface area contributed by atoms with E-state index >= 15 is 0 Å². The van der Waals surface area contributed by atoms with Crippen LogP contribution in [-0.4, -0.2) is 26.6 Å². The minimum absolute atomic E-state index is 0.00539. The first-order chi connectivity index (χ1) is 13.9. The van der Waals surface area contributed by atoms with Gasteiger partial charge in [0.25, 0.3) is 5.69 Å². The van der Waals surface area contributed by atoms with Crippen molar-refractivity contribution in [1.82, 2.24) is 9.78 Å². The zero-order valence-corrected chi connectivity index (χ0v) is 15.8. The smallest absolute Gasteiger partial charge is 0.363 e. The Bertz CT molecular complexity index is 1200. The van der Waals surface area contributed by atoms with Crippen molar-refractivity contribution in [1.29, 1.82) is 0 Å². The van der Waals surface area contributed by atoms with Crippen LogP contribution in [0, 0.1) is 17.0 Å². The first-order valence-corrected chi connectivity index (χ1v) is 8.90. The number of rotatable bonds is 4. The summed E-state index contributed by atoms with van der Waals surface area (Å²) in [6.07, 6.45) is 1.50. The van der Waals surface area contributed by atoms with E-state index in [1.54, 1.807) is 17.7 Å². The van der Waals surface area contributed by atoms with Crippen LogP contribution >= 0.6 is 11.6 Å². The number of non-ortho nitro benzene ring substituents is 1. The van der Waals surface area contributed by atoms with Crippen LogP contribution < -0.4 is 0 Å². The van der Waals surface area contributed by atoms with Crippen LogP contribution in [0.4, 0.5) is 5.69 Å². The highest BCUT2D eigenvalue weighted by atomic mass is 35.5. The Morgan fingerprint density at radius 3 is 2.66 bits per heavy atom. The lowest BCUT2D eigenvalue weighted by Crippen LogP contribution is -2.05. The second-order valence-electron chi connectivity index (χ2n) is 6.18. The van der Waals surface area contributed by atoms with Crippen molar-refractivity contribution in [2.24, 2.45) is 4.99 Å². The van der Waals surface area contributed by atoms with Crippen molar-refractivity contribution in [3.05, 3.63) is 92.4 Å². The number of nitrogens with zero attached hydrogens (tertiary/aromatic N) is 4. The van der Waals surface area contributed by atoms with Crippen molar-refractivity contribution >= 4 is 35.2 Å². The summed E-state index contributed by atoms with van der Waals surface area (Å²) in [5.74, 6) is -0.677. The number of hydrogen-bond acceptors (Lipinski definition) is 6. The predicted molar refractivity (Wildman–Crippen MR) is 107 cm³/mol. The number of carbonyl (C=O) groups is 1. The third-order valence-electron chi connectivity index (χ3n) is 4.25. The van der Waals surface area contributed by atoms with Crippen molar-refractivity contribution in [3.8, 4) is 5.69 Å². The molecule has 0 atom stereocenters. The zero-order chi connectivity index (χ0) is 20.5. The number of nitro benzene ring substituents is 1. The number of para-hydroxylation sites is 1. The summed E-state index contributed by atoms with van der Waals surface area (Å²) >= 11 is 6.48. The maximum absolute atomic E-state index is 12.3. The number of cyclic esters (lactones) is 1. The molecular weight excluding hydrogens is 396 g/mol. The van der Waals surface area contributed by atoms with E-state index in [0.29, 0.717) is 22.0 Å². The number of halogens is 1. The van der Waals surface area contributed by atoms with Gasteiger partial charge >= 0.3 is 5.97 Å². The van der Waals surface area contributed by atoms with Gasteiger partial charge in [-0.15, -0.1) is 0 Å². The number of esters is 1. The molecule has 0 spiro atoms. The molecule has 0 aliphatic carbocycles. The fraction of sp³-hybridized carbons (Fsp3) is 0.0500. The average Bonchev–Trinajstić information content (AvgIpc) is 3.23. The summed E-state index contributed by atoms with van der Waals surface area (Å²) in [6.45, 7) is 1.77. The number of aromatic nitrogens is 2. The van der Waals surface area contributed by atoms with Gasteiger partial charge in [0.05, 0.1) is 16.3 Å². The summed E-state index contributed by atoms with van der Waals surface area (Å²) in [5, 5.41) is 15.7. The first-order valence-electron chi connectivity index (χ1n) is 8.52. The lowest BCUT2D eigenvalue weighted by Gasteiger charge is -2.01. The fourth-order valence-electron chi connectivity index (χ4n) is 2.84. The summed E-state index contributed by atoms with van der Waals surface area (Å²) in [7, 11) is 0. The van der Waals surface area contributed by atoms with Crippen molar-refractivity contribution < 1.29 is 14.5 Å². The topological polar surface area (TPSA) is 99.6 Å². The van der Waals surface area contributed by atoms with E-state index in [1.165, 1.54) is 24.3 Å². The van der Waals surface area contributed by atoms with E-state index in [0.717, 1.165) is 5.69 Å². The van der Waals surface area contributed by atoms with Gasteiger partial charge in [-0.2, -0.15) is 5.10 Å². The van der Waals surface area contributed by atoms with Gasteiger partial charge < -0.3 is 4.74 Å². The van der Waals surface area contributed by atoms with Gasteiger partial charge in [-0.05, 0) is 31.2 Å². The number of nitro groups is 1. The summed E-state index contributed by atoms with van der Waals surface area (Å²) in [6, 6.07) is 15.0. The molecule has 0 unspecified atom stereocenters. The third kappa shape index (κ3) is 3.53. The highest BCUT2D eigenvalue weighted by molar-refractivity contribution is 6.31.